The van der Waals surface area contributed by atoms with Gasteiger partial charge in [-0.05, 0) is 96.3 Å². The van der Waals surface area contributed by atoms with Crippen molar-refractivity contribution in [3.8, 4) is 0 Å². The number of hydrogen-bond donors (Lipinski definition) is 0. The predicted octanol–water partition coefficient (Wildman–Crippen LogP) is 23.7. The first-order valence-electron chi connectivity index (χ1n) is 34.6. The summed E-state index contributed by atoms with van der Waals surface area (Å²) in [6.07, 6.45) is 84.4. The fraction of sp³-hybridized carbons (Fsp3) is 0.847. The van der Waals surface area contributed by atoms with Crippen LogP contribution in [-0.2, 0) is 28.6 Å². The second kappa shape index (κ2) is 66.9. The molecule has 0 amide bonds. The van der Waals surface area contributed by atoms with E-state index in [2.05, 4.69) is 69.4 Å². The Labute approximate surface area is 486 Å². The molecule has 0 aromatic carbocycles. The average Bonchev–Trinajstić information content (AvgIpc) is 3.44. The van der Waals surface area contributed by atoms with Crippen LogP contribution in [0.3, 0.4) is 0 Å². The Morgan fingerprint density at radius 3 is 0.769 bits per heavy atom. The molecule has 0 aliphatic rings. The van der Waals surface area contributed by atoms with Gasteiger partial charge in [0.2, 0.25) is 0 Å². The molecule has 0 aromatic rings. The van der Waals surface area contributed by atoms with Gasteiger partial charge in [0.25, 0.3) is 0 Å². The van der Waals surface area contributed by atoms with E-state index in [1.807, 2.05) is 0 Å². The minimum absolute atomic E-state index is 0.0726. The molecule has 0 aliphatic heterocycles. The summed E-state index contributed by atoms with van der Waals surface area (Å²) in [6.45, 7) is 6.61. The molecule has 0 radical (unpaired) electrons. The van der Waals surface area contributed by atoms with Crippen molar-refractivity contribution in [1.29, 1.82) is 0 Å². The number of hydrogen-bond acceptors (Lipinski definition) is 6. The summed E-state index contributed by atoms with van der Waals surface area (Å²) in [7, 11) is 0. The third-order valence-electron chi connectivity index (χ3n) is 15.5. The summed E-state index contributed by atoms with van der Waals surface area (Å²) < 4.78 is 16.9. The molecule has 0 aliphatic carbocycles. The van der Waals surface area contributed by atoms with Gasteiger partial charge in [0.15, 0.2) is 6.10 Å². The van der Waals surface area contributed by atoms with E-state index < -0.39 is 6.10 Å². The number of ether oxygens (including phenoxy) is 3. The van der Waals surface area contributed by atoms with E-state index in [4.69, 9.17) is 14.2 Å². The summed E-state index contributed by atoms with van der Waals surface area (Å²) in [5.41, 5.74) is 0. The van der Waals surface area contributed by atoms with Crippen molar-refractivity contribution in [1.82, 2.24) is 0 Å². The number of allylic oxidation sites excluding steroid dienone is 8. The highest BCUT2D eigenvalue weighted by Crippen LogP contribution is 2.18. The maximum atomic E-state index is 12.9. The zero-order chi connectivity index (χ0) is 56.4. The van der Waals surface area contributed by atoms with Crippen LogP contribution in [0.1, 0.15) is 374 Å². The van der Waals surface area contributed by atoms with E-state index in [0.29, 0.717) is 19.3 Å². The largest absolute Gasteiger partial charge is 0.462 e. The van der Waals surface area contributed by atoms with E-state index in [1.54, 1.807) is 0 Å². The number of rotatable bonds is 64. The van der Waals surface area contributed by atoms with Gasteiger partial charge >= 0.3 is 17.9 Å². The molecule has 6 nitrogen and oxygen atoms in total. The molecule has 0 spiro atoms. The minimum atomic E-state index is -0.775. The molecule has 0 rings (SSSR count). The molecule has 1 unspecified atom stereocenters. The van der Waals surface area contributed by atoms with Crippen molar-refractivity contribution in [2.45, 2.75) is 380 Å². The molecule has 456 valence electrons. The third kappa shape index (κ3) is 64.2. The molecule has 1 atom stereocenters. The average molecular weight is 1090 g/mol. The van der Waals surface area contributed by atoms with Gasteiger partial charge in [0.05, 0.1) is 0 Å². The lowest BCUT2D eigenvalue weighted by atomic mass is 10.0. The minimum Gasteiger partial charge on any atom is -0.462 e. The van der Waals surface area contributed by atoms with E-state index in [1.165, 1.54) is 257 Å². The smallest absolute Gasteiger partial charge is 0.306 e. The maximum absolute atomic E-state index is 12.9. The van der Waals surface area contributed by atoms with Gasteiger partial charge in [0, 0.05) is 19.3 Å². The van der Waals surface area contributed by atoms with E-state index in [0.717, 1.165) is 77.0 Å². The Morgan fingerprint density at radius 1 is 0.256 bits per heavy atom. The molecule has 6 heteroatoms. The molecule has 0 saturated heterocycles. The van der Waals surface area contributed by atoms with Gasteiger partial charge in [-0.15, -0.1) is 0 Å². The number of carbonyl (C=O) groups is 3. The lowest BCUT2D eigenvalue weighted by Gasteiger charge is -2.18. The summed E-state index contributed by atoms with van der Waals surface area (Å²) in [4.78, 5) is 38.3. The van der Waals surface area contributed by atoms with Crippen LogP contribution in [0, 0.1) is 0 Å². The van der Waals surface area contributed by atoms with Gasteiger partial charge in [-0.1, -0.05) is 307 Å². The Morgan fingerprint density at radius 2 is 0.487 bits per heavy atom. The SMILES string of the molecule is CCC/C=C\CCCCCCCC(=O)OCC(COC(=O)CCCCCCCCCCCCCCCCCCCCC/C=C\C/C=C\CCCCCCC)OC(=O)CCCCCCCCCCC/C=C\CCCCCCCC. The number of unbranched alkanes of at least 4 members (excludes halogenated alkanes) is 45. The maximum Gasteiger partial charge on any atom is 0.306 e. The van der Waals surface area contributed by atoms with Gasteiger partial charge in [-0.3, -0.25) is 14.4 Å². The zero-order valence-electron chi connectivity index (χ0n) is 52.5. The molecule has 0 bridgehead atoms. The van der Waals surface area contributed by atoms with E-state index in [9.17, 15) is 14.4 Å². The van der Waals surface area contributed by atoms with Gasteiger partial charge in [-0.2, -0.15) is 0 Å². The highest BCUT2D eigenvalue weighted by atomic mass is 16.6. The predicted molar refractivity (Wildman–Crippen MR) is 339 cm³/mol. The lowest BCUT2D eigenvalue weighted by Crippen LogP contribution is -2.30. The van der Waals surface area contributed by atoms with Crippen LogP contribution in [0.15, 0.2) is 48.6 Å². The van der Waals surface area contributed by atoms with Gasteiger partial charge in [-0.25, -0.2) is 0 Å². The summed E-state index contributed by atoms with van der Waals surface area (Å²) in [5.74, 6) is -0.864. The van der Waals surface area contributed by atoms with E-state index in [-0.39, 0.29) is 31.1 Å². The van der Waals surface area contributed by atoms with Crippen LogP contribution in [0.25, 0.3) is 0 Å². The number of carbonyl (C=O) groups excluding carboxylic acids is 3. The Balaban J connectivity index is 4.10. The van der Waals surface area contributed by atoms with Crippen molar-refractivity contribution in [3.63, 3.8) is 0 Å². The van der Waals surface area contributed by atoms with Crippen molar-refractivity contribution in [2.75, 3.05) is 13.2 Å². The Kier molecular flexibility index (Phi) is 64.6. The van der Waals surface area contributed by atoms with Gasteiger partial charge in [0.1, 0.15) is 13.2 Å². The van der Waals surface area contributed by atoms with Crippen LogP contribution >= 0.6 is 0 Å². The molecular weight excluding hydrogens is 961 g/mol. The fourth-order valence-electron chi connectivity index (χ4n) is 10.3. The summed E-state index contributed by atoms with van der Waals surface area (Å²) in [5, 5.41) is 0. The van der Waals surface area contributed by atoms with Crippen LogP contribution < -0.4 is 0 Å². The van der Waals surface area contributed by atoms with Crippen molar-refractivity contribution in [2.24, 2.45) is 0 Å². The van der Waals surface area contributed by atoms with Crippen LogP contribution in [0.4, 0.5) is 0 Å². The molecule has 0 heterocycles. The fourth-order valence-corrected chi connectivity index (χ4v) is 10.3. The highest BCUT2D eigenvalue weighted by Gasteiger charge is 2.19. The van der Waals surface area contributed by atoms with Crippen molar-refractivity contribution < 1.29 is 28.6 Å². The second-order valence-electron chi connectivity index (χ2n) is 23.4. The monoisotopic (exact) mass is 1090 g/mol. The summed E-state index contributed by atoms with van der Waals surface area (Å²) >= 11 is 0. The second-order valence-corrected chi connectivity index (χ2v) is 23.4. The third-order valence-corrected chi connectivity index (χ3v) is 15.5. The highest BCUT2D eigenvalue weighted by molar-refractivity contribution is 5.71. The standard InChI is InChI=1S/C72H132O6/c1-4-7-10-13-16-19-22-24-26-28-30-31-32-33-34-35-36-37-38-39-40-41-43-44-46-48-50-53-56-59-62-65-71(74)77-68-69(67-76-70(73)64-61-58-55-52-21-18-15-12-9-6-3)78-72(75)66-63-60-57-54-51-49-47-45-42-29-27-25-23-20-17-14-11-8-5-2/h12,15,22,24-25,27-28,30,69H,4-11,13-14,16-21,23,26,29,31-68H2,1-3H3/b15-12-,24-22-,27-25-,30-28-. The van der Waals surface area contributed by atoms with Gasteiger partial charge < -0.3 is 14.2 Å². The van der Waals surface area contributed by atoms with Crippen molar-refractivity contribution >= 4 is 17.9 Å². The first-order chi connectivity index (χ1) is 38.5. The van der Waals surface area contributed by atoms with Crippen LogP contribution in [0.5, 0.6) is 0 Å². The van der Waals surface area contributed by atoms with Crippen LogP contribution in [-0.4, -0.2) is 37.2 Å². The van der Waals surface area contributed by atoms with Crippen LogP contribution in [0.2, 0.25) is 0 Å². The lowest BCUT2D eigenvalue weighted by molar-refractivity contribution is -0.167. The normalized spacial score (nSPS) is 12.3. The molecule has 0 fully saturated rings. The summed E-state index contributed by atoms with van der Waals surface area (Å²) in [6, 6.07) is 0. The van der Waals surface area contributed by atoms with E-state index >= 15 is 0 Å². The molecule has 0 N–H and O–H groups in total. The number of esters is 3. The molecule has 0 aromatic heterocycles. The topological polar surface area (TPSA) is 78.9 Å². The molecule has 0 saturated carbocycles. The quantitative estimate of drug-likeness (QED) is 0.0261. The molecular formula is C72H132O6. The van der Waals surface area contributed by atoms with Crippen molar-refractivity contribution in [3.05, 3.63) is 48.6 Å². The first-order valence-corrected chi connectivity index (χ1v) is 34.6. The first kappa shape index (κ1) is 75.4. The Bertz CT molecular complexity index is 1350. The zero-order valence-corrected chi connectivity index (χ0v) is 52.5. The molecule has 78 heavy (non-hydrogen) atoms. The Hall–Kier alpha value is -2.63.